The van der Waals surface area contributed by atoms with Crippen LogP contribution in [0.3, 0.4) is 0 Å². The SMILES string of the molecule is O=c1c2ccc(Nc3ccnc4cc(Cl)ccc34)cc2ncn1C[C]1[CH][CH][CH][CH]1.[CH]1[CH][CH][CH][CH]1.[Fe+2]. The molecule has 0 aliphatic heterocycles. The normalized spacial score (nSPS) is 15.6. The number of hydrogen-bond acceptors (Lipinski definition) is 4. The minimum absolute atomic E-state index is 0. The van der Waals surface area contributed by atoms with Crippen LogP contribution in [0.15, 0.2) is 59.8 Å². The van der Waals surface area contributed by atoms with Crippen molar-refractivity contribution in [3.8, 4) is 0 Å². The quantitative estimate of drug-likeness (QED) is 0.347. The van der Waals surface area contributed by atoms with Gasteiger partial charge in [-0.1, -0.05) is 11.6 Å². The molecule has 4 aromatic rings. The first-order valence-corrected chi connectivity index (χ1v) is 11.2. The molecule has 6 rings (SSSR count). The molecule has 0 saturated heterocycles. The van der Waals surface area contributed by atoms with Gasteiger partial charge in [-0.25, -0.2) is 4.98 Å². The summed E-state index contributed by atoms with van der Waals surface area (Å²) >= 11 is 6.07. The van der Waals surface area contributed by atoms with Crippen molar-refractivity contribution in [2.45, 2.75) is 6.54 Å². The van der Waals surface area contributed by atoms with Crippen molar-refractivity contribution in [2.75, 3.05) is 5.32 Å². The van der Waals surface area contributed by atoms with Gasteiger partial charge in [0, 0.05) is 40.4 Å². The van der Waals surface area contributed by atoms with Crippen LogP contribution in [0.4, 0.5) is 11.4 Å². The van der Waals surface area contributed by atoms with E-state index in [-0.39, 0.29) is 22.6 Å². The summed E-state index contributed by atoms with van der Waals surface area (Å²) in [5, 5.41) is 5.61. The van der Waals surface area contributed by atoms with Crippen LogP contribution in [-0.4, -0.2) is 14.5 Å². The van der Waals surface area contributed by atoms with E-state index in [0.29, 0.717) is 22.5 Å². The average molecular weight is 521 g/mol. The van der Waals surface area contributed by atoms with Crippen LogP contribution in [0.2, 0.25) is 5.02 Å². The van der Waals surface area contributed by atoms with Crippen LogP contribution in [0.5, 0.6) is 0 Å². The van der Waals surface area contributed by atoms with Crippen molar-refractivity contribution in [3.63, 3.8) is 0 Å². The van der Waals surface area contributed by atoms with Gasteiger partial charge in [0.05, 0.1) is 22.7 Å². The van der Waals surface area contributed by atoms with Gasteiger partial charge in [-0.2, -0.15) is 0 Å². The fourth-order valence-corrected chi connectivity index (χ4v) is 3.94. The Morgan fingerprint density at radius 3 is 2.23 bits per heavy atom. The van der Waals surface area contributed by atoms with Crippen LogP contribution in [0.25, 0.3) is 21.8 Å². The molecule has 1 N–H and O–H groups in total. The largest absolute Gasteiger partial charge is 2.00 e. The van der Waals surface area contributed by atoms with Crippen LogP contribution < -0.4 is 10.9 Å². The number of fused-ring (bicyclic) bond motifs is 2. The third kappa shape index (κ3) is 6.24. The average Bonchev–Trinajstić information content (AvgIpc) is 3.58. The zero-order valence-corrected chi connectivity index (χ0v) is 20.4. The number of benzene rings is 2. The van der Waals surface area contributed by atoms with Gasteiger partial charge in [0.25, 0.3) is 5.56 Å². The maximum absolute atomic E-state index is 12.8. The van der Waals surface area contributed by atoms with Crippen molar-refractivity contribution < 1.29 is 17.1 Å². The van der Waals surface area contributed by atoms with Crippen molar-refractivity contribution in [2.24, 2.45) is 0 Å². The zero-order valence-electron chi connectivity index (χ0n) is 18.6. The molecule has 10 radical (unpaired) electrons. The summed E-state index contributed by atoms with van der Waals surface area (Å²) in [6.45, 7) is 0.514. The Morgan fingerprint density at radius 2 is 1.49 bits per heavy atom. The summed E-state index contributed by atoms with van der Waals surface area (Å²) < 4.78 is 1.63. The number of nitrogens with zero attached hydrogens (tertiary/aromatic N) is 3. The van der Waals surface area contributed by atoms with Gasteiger partial charge < -0.3 is 5.32 Å². The zero-order chi connectivity index (χ0) is 23.3. The third-order valence-corrected chi connectivity index (χ3v) is 5.68. The Kier molecular flexibility index (Phi) is 8.83. The molecule has 2 fully saturated rings. The molecule has 7 heteroatoms. The number of hydrogen-bond donors (Lipinski definition) is 1. The summed E-state index contributed by atoms with van der Waals surface area (Å²) in [5.74, 6) is 1.08. The first-order valence-electron chi connectivity index (χ1n) is 10.9. The first kappa shape index (κ1) is 25.7. The Bertz CT molecular complexity index is 1340. The van der Waals surface area contributed by atoms with Crippen molar-refractivity contribution in [1.82, 2.24) is 14.5 Å². The Hall–Kier alpha value is -2.40. The molecule has 172 valence electrons. The summed E-state index contributed by atoms with van der Waals surface area (Å²) in [4.78, 5) is 21.7. The maximum Gasteiger partial charge on any atom is 2.00 e. The molecule has 0 spiro atoms. The van der Waals surface area contributed by atoms with Crippen LogP contribution in [0, 0.1) is 63.7 Å². The standard InChI is InChI=1S/C23H16ClN4O.C5H5.Fe/c24-16-5-7-18-20(9-10-25-21(18)11-16)27-17-6-8-19-22(12-17)26-14-28(23(19)29)13-15-3-1-2-4-15;1-2-4-5-3-1;/h1-12,14H,13H2,(H,25,27);1-5H;/q;;+2. The molecule has 2 saturated carbocycles. The molecule has 0 bridgehead atoms. The van der Waals surface area contributed by atoms with E-state index in [1.165, 1.54) is 0 Å². The molecule has 2 aromatic carbocycles. The molecular formula is C28H21ClFeN4O+2. The second-order valence-electron chi connectivity index (χ2n) is 7.81. The number of halogens is 1. The van der Waals surface area contributed by atoms with E-state index >= 15 is 0 Å². The maximum atomic E-state index is 12.8. The van der Waals surface area contributed by atoms with Gasteiger partial charge in [-0.15, -0.1) is 0 Å². The fraction of sp³-hybridized carbons (Fsp3) is 0.0357. The molecule has 2 aliphatic carbocycles. The first-order chi connectivity index (χ1) is 16.7. The molecule has 5 nitrogen and oxygen atoms in total. The number of rotatable bonds is 4. The van der Waals surface area contributed by atoms with Gasteiger partial charge >= 0.3 is 17.1 Å². The van der Waals surface area contributed by atoms with E-state index in [4.69, 9.17) is 11.6 Å². The topological polar surface area (TPSA) is 59.8 Å². The second-order valence-corrected chi connectivity index (χ2v) is 8.25. The molecule has 2 heterocycles. The fourth-order valence-electron chi connectivity index (χ4n) is 3.77. The minimum atomic E-state index is -0.0493. The predicted octanol–water partition coefficient (Wildman–Crippen LogP) is 5.77. The second kappa shape index (κ2) is 12.0. The Morgan fingerprint density at radius 1 is 0.800 bits per heavy atom. The van der Waals surface area contributed by atoms with Gasteiger partial charge in [0.2, 0.25) is 0 Å². The molecule has 0 atom stereocenters. The molecule has 35 heavy (non-hydrogen) atoms. The van der Waals surface area contributed by atoms with Gasteiger partial charge in [0.1, 0.15) is 0 Å². The summed E-state index contributed by atoms with van der Waals surface area (Å²) in [6.07, 6.45) is 21.3. The molecule has 0 unspecified atom stereocenters. The van der Waals surface area contributed by atoms with Crippen LogP contribution >= 0.6 is 11.6 Å². The van der Waals surface area contributed by atoms with Gasteiger partial charge in [0.15, 0.2) is 0 Å². The summed E-state index contributed by atoms with van der Waals surface area (Å²) in [5.41, 5.74) is 3.18. The van der Waals surface area contributed by atoms with Crippen molar-refractivity contribution in [3.05, 3.63) is 134 Å². The molecular weight excluding hydrogens is 500 g/mol. The molecule has 0 amide bonds. The van der Waals surface area contributed by atoms with E-state index in [1.54, 1.807) is 17.1 Å². The predicted molar refractivity (Wildman–Crippen MR) is 138 cm³/mol. The van der Waals surface area contributed by atoms with Crippen molar-refractivity contribution >= 4 is 44.8 Å². The molecule has 2 aromatic heterocycles. The minimum Gasteiger partial charge on any atom is -0.355 e. The van der Waals surface area contributed by atoms with Crippen molar-refractivity contribution in [1.29, 1.82) is 0 Å². The number of pyridine rings is 1. The Labute approximate surface area is 221 Å². The number of aromatic nitrogens is 3. The number of anilines is 2. The smallest absolute Gasteiger partial charge is 0.355 e. The van der Waals surface area contributed by atoms with E-state index in [1.807, 2.05) is 100 Å². The van der Waals surface area contributed by atoms with Crippen LogP contribution in [-0.2, 0) is 23.6 Å². The third-order valence-electron chi connectivity index (χ3n) is 5.45. The molecule has 2 aliphatic rings. The Balaban J connectivity index is 0.000000431. The summed E-state index contributed by atoms with van der Waals surface area (Å²) in [7, 11) is 0. The van der Waals surface area contributed by atoms with Crippen LogP contribution in [0.1, 0.15) is 0 Å². The van der Waals surface area contributed by atoms with Gasteiger partial charge in [-0.05, 0) is 100 Å². The summed E-state index contributed by atoms with van der Waals surface area (Å²) in [6, 6.07) is 13.1. The van der Waals surface area contributed by atoms with E-state index < -0.39 is 0 Å². The van der Waals surface area contributed by atoms with E-state index in [2.05, 4.69) is 15.3 Å². The monoisotopic (exact) mass is 520 g/mol. The van der Waals surface area contributed by atoms with E-state index in [0.717, 1.165) is 28.2 Å². The van der Waals surface area contributed by atoms with Gasteiger partial charge in [-0.3, -0.25) is 14.3 Å². The van der Waals surface area contributed by atoms with E-state index in [9.17, 15) is 4.79 Å². The number of nitrogens with one attached hydrogen (secondary N) is 1.